The Kier molecular flexibility index (Phi) is 5.48. The molecule has 0 fully saturated rings. The Morgan fingerprint density at radius 3 is 2.53 bits per heavy atom. The number of aromatic amines is 1. The molecule has 2 aromatic heterocycles. The molecule has 0 radical (unpaired) electrons. The first-order valence-electron chi connectivity index (χ1n) is 9.09. The first-order chi connectivity index (χ1) is 14.6. The molecule has 0 aliphatic heterocycles. The minimum atomic E-state index is -0.440. The smallest absolute Gasteiger partial charge is 0.269 e. The molecule has 10 nitrogen and oxygen atoms in total. The summed E-state index contributed by atoms with van der Waals surface area (Å²) < 4.78 is 10.5. The van der Waals surface area contributed by atoms with E-state index in [1.165, 1.54) is 12.1 Å². The maximum atomic E-state index is 10.8. The maximum Gasteiger partial charge on any atom is 0.269 e. The predicted octanol–water partition coefficient (Wildman–Crippen LogP) is 3.70. The number of imidazole rings is 1. The van der Waals surface area contributed by atoms with Crippen molar-refractivity contribution in [2.24, 2.45) is 0 Å². The molecule has 2 N–H and O–H groups in total. The fraction of sp³-hybridized carbons (Fsp3) is 0.150. The summed E-state index contributed by atoms with van der Waals surface area (Å²) in [7, 11) is 1.63. The van der Waals surface area contributed by atoms with E-state index in [1.54, 1.807) is 25.4 Å². The molecule has 0 spiro atoms. The van der Waals surface area contributed by atoms with Crippen LogP contribution in [0.3, 0.4) is 0 Å². The third-order valence-corrected chi connectivity index (χ3v) is 4.26. The number of ether oxygens (including phenoxy) is 2. The number of hydrogen-bond donors (Lipinski definition) is 2. The van der Waals surface area contributed by atoms with E-state index in [9.17, 15) is 10.1 Å². The topological polar surface area (TPSA) is 128 Å². The van der Waals surface area contributed by atoms with Crippen molar-refractivity contribution in [3.63, 3.8) is 0 Å². The fourth-order valence-electron chi connectivity index (χ4n) is 2.75. The Morgan fingerprint density at radius 1 is 1.07 bits per heavy atom. The second-order valence-corrected chi connectivity index (χ2v) is 6.31. The highest BCUT2D eigenvalue weighted by Gasteiger charge is 2.10. The van der Waals surface area contributed by atoms with Crippen LogP contribution in [0.25, 0.3) is 22.6 Å². The zero-order valence-corrected chi connectivity index (χ0v) is 16.0. The van der Waals surface area contributed by atoms with Crippen LogP contribution in [0.4, 0.5) is 17.3 Å². The lowest BCUT2D eigenvalue weighted by atomic mass is 10.2. The van der Waals surface area contributed by atoms with Crippen LogP contribution in [0.2, 0.25) is 0 Å². The summed E-state index contributed by atoms with van der Waals surface area (Å²) in [5, 5.41) is 13.9. The average Bonchev–Trinajstić information content (AvgIpc) is 3.19. The van der Waals surface area contributed by atoms with Crippen LogP contribution >= 0.6 is 0 Å². The number of hydrogen-bond acceptors (Lipinski definition) is 8. The lowest BCUT2D eigenvalue weighted by molar-refractivity contribution is -0.384. The van der Waals surface area contributed by atoms with Gasteiger partial charge in [0.05, 0.1) is 17.7 Å². The highest BCUT2D eigenvalue weighted by atomic mass is 16.6. The van der Waals surface area contributed by atoms with Crippen molar-refractivity contribution >= 4 is 28.5 Å². The molecule has 0 atom stereocenters. The van der Waals surface area contributed by atoms with Crippen LogP contribution in [0, 0.1) is 10.1 Å². The Morgan fingerprint density at radius 2 is 1.83 bits per heavy atom. The van der Waals surface area contributed by atoms with Gasteiger partial charge in [-0.25, -0.2) is 9.97 Å². The van der Waals surface area contributed by atoms with Gasteiger partial charge in [0.15, 0.2) is 5.65 Å². The Bertz CT molecular complexity index is 1160. The van der Waals surface area contributed by atoms with Crippen LogP contribution in [-0.2, 0) is 4.74 Å². The van der Waals surface area contributed by atoms with Gasteiger partial charge in [0.1, 0.15) is 23.7 Å². The van der Waals surface area contributed by atoms with E-state index in [4.69, 9.17) is 9.47 Å². The number of nitrogens with zero attached hydrogens (tertiary/aromatic N) is 4. The lowest BCUT2D eigenvalue weighted by Gasteiger charge is -2.07. The van der Waals surface area contributed by atoms with Crippen molar-refractivity contribution in [2.45, 2.75) is 0 Å². The molecule has 30 heavy (non-hydrogen) atoms. The van der Waals surface area contributed by atoms with Crippen molar-refractivity contribution in [2.75, 3.05) is 25.6 Å². The normalized spacial score (nSPS) is 10.8. The van der Waals surface area contributed by atoms with Gasteiger partial charge in [-0.3, -0.25) is 10.1 Å². The minimum Gasteiger partial charge on any atom is -0.491 e. The molecule has 0 saturated heterocycles. The second-order valence-electron chi connectivity index (χ2n) is 6.31. The number of nitro groups is 1. The summed E-state index contributed by atoms with van der Waals surface area (Å²) in [6.45, 7) is 1.01. The quantitative estimate of drug-likeness (QED) is 0.257. The van der Waals surface area contributed by atoms with Crippen molar-refractivity contribution in [3.8, 4) is 17.1 Å². The molecule has 2 aromatic carbocycles. The van der Waals surface area contributed by atoms with Crippen molar-refractivity contribution in [3.05, 3.63) is 64.8 Å². The van der Waals surface area contributed by atoms with Gasteiger partial charge in [-0.15, -0.1) is 0 Å². The second kappa shape index (κ2) is 8.53. The Hall–Kier alpha value is -4.05. The third kappa shape index (κ3) is 4.33. The summed E-state index contributed by atoms with van der Waals surface area (Å²) in [5.41, 5.74) is 2.70. The summed E-state index contributed by atoms with van der Waals surface area (Å²) in [4.78, 5) is 26.7. The zero-order valence-electron chi connectivity index (χ0n) is 16.0. The van der Waals surface area contributed by atoms with Gasteiger partial charge in [0.2, 0.25) is 5.95 Å². The number of benzene rings is 2. The van der Waals surface area contributed by atoms with Gasteiger partial charge < -0.3 is 19.8 Å². The Balaban J connectivity index is 1.49. The summed E-state index contributed by atoms with van der Waals surface area (Å²) >= 11 is 0. The third-order valence-electron chi connectivity index (χ3n) is 4.26. The van der Waals surface area contributed by atoms with Crippen LogP contribution in [-0.4, -0.2) is 45.2 Å². The number of anilines is 2. The molecule has 4 aromatic rings. The summed E-state index contributed by atoms with van der Waals surface area (Å²) in [6.07, 6.45) is 1.61. The number of nitrogens with one attached hydrogen (secondary N) is 2. The van der Waals surface area contributed by atoms with Crippen LogP contribution in [0.15, 0.2) is 54.7 Å². The molecular weight excluding hydrogens is 388 g/mol. The van der Waals surface area contributed by atoms with Gasteiger partial charge in [0, 0.05) is 30.5 Å². The molecule has 2 heterocycles. The van der Waals surface area contributed by atoms with E-state index in [-0.39, 0.29) is 5.69 Å². The number of methoxy groups -OCH3 is 1. The molecule has 0 unspecified atom stereocenters. The summed E-state index contributed by atoms with van der Waals surface area (Å²) in [6, 6.07) is 13.6. The Labute approximate surface area is 171 Å². The van der Waals surface area contributed by atoms with Gasteiger partial charge >= 0.3 is 0 Å². The maximum absolute atomic E-state index is 10.8. The van der Waals surface area contributed by atoms with E-state index in [2.05, 4.69) is 25.3 Å². The van der Waals surface area contributed by atoms with Crippen molar-refractivity contribution < 1.29 is 14.4 Å². The van der Waals surface area contributed by atoms with Crippen LogP contribution < -0.4 is 10.1 Å². The molecule has 152 valence electrons. The number of H-pyrrole nitrogens is 1. The lowest BCUT2D eigenvalue weighted by Crippen LogP contribution is -2.04. The van der Waals surface area contributed by atoms with E-state index >= 15 is 0 Å². The highest BCUT2D eigenvalue weighted by molar-refractivity contribution is 5.76. The molecule has 4 rings (SSSR count). The van der Waals surface area contributed by atoms with Gasteiger partial charge in [-0.1, -0.05) is 0 Å². The summed E-state index contributed by atoms with van der Waals surface area (Å²) in [5.74, 6) is 1.72. The van der Waals surface area contributed by atoms with Crippen LogP contribution in [0.1, 0.15) is 0 Å². The largest absolute Gasteiger partial charge is 0.491 e. The van der Waals surface area contributed by atoms with E-state index in [0.717, 1.165) is 17.0 Å². The average molecular weight is 406 g/mol. The number of aromatic nitrogens is 4. The first-order valence-corrected chi connectivity index (χ1v) is 9.09. The molecule has 0 amide bonds. The molecule has 0 aliphatic carbocycles. The predicted molar refractivity (Wildman–Crippen MR) is 111 cm³/mol. The SMILES string of the molecule is COCCOc1ccc(Nc2ncc3nc(-c4ccc([N+](=O)[O-])cc4)[nH]c3n2)cc1. The van der Waals surface area contributed by atoms with Gasteiger partial charge in [-0.2, -0.15) is 4.98 Å². The molecular formula is C20H18N6O4. The number of non-ortho nitro benzene ring substituents is 1. The van der Waals surface area contributed by atoms with Gasteiger partial charge in [-0.05, 0) is 36.4 Å². The van der Waals surface area contributed by atoms with Crippen molar-refractivity contribution in [1.82, 2.24) is 19.9 Å². The molecule has 0 aliphatic rings. The highest BCUT2D eigenvalue weighted by Crippen LogP contribution is 2.23. The fourth-order valence-corrected chi connectivity index (χ4v) is 2.75. The molecule has 0 bridgehead atoms. The number of rotatable bonds is 8. The van der Waals surface area contributed by atoms with E-state index < -0.39 is 4.92 Å². The standard InChI is InChI=1S/C20H18N6O4/c1-29-10-11-30-16-8-4-14(5-9-16)22-20-21-12-17-19(25-20)24-18(23-17)13-2-6-15(7-3-13)26(27)28/h2-9,12H,10-11H2,1H3,(H2,21,22,23,24,25). The first kappa shape index (κ1) is 19.3. The molecule has 0 saturated carbocycles. The van der Waals surface area contributed by atoms with Crippen LogP contribution in [0.5, 0.6) is 5.75 Å². The van der Waals surface area contributed by atoms with E-state index in [0.29, 0.717) is 36.2 Å². The molecule has 10 heteroatoms. The number of fused-ring (bicyclic) bond motifs is 1. The monoisotopic (exact) mass is 406 g/mol. The van der Waals surface area contributed by atoms with Crippen molar-refractivity contribution in [1.29, 1.82) is 0 Å². The van der Waals surface area contributed by atoms with E-state index in [1.807, 2.05) is 24.3 Å². The van der Waals surface area contributed by atoms with Gasteiger partial charge in [0.25, 0.3) is 5.69 Å². The minimum absolute atomic E-state index is 0.0243. The zero-order chi connectivity index (χ0) is 20.9. The number of nitro benzene ring substituents is 1.